The quantitative estimate of drug-likeness (QED) is 0.906. The maximum atomic E-state index is 3.44. The zero-order valence-corrected chi connectivity index (χ0v) is 13.0. The van der Waals surface area contributed by atoms with E-state index in [4.69, 9.17) is 0 Å². The highest BCUT2D eigenvalue weighted by molar-refractivity contribution is 5.35. The van der Waals surface area contributed by atoms with Gasteiger partial charge in [0, 0.05) is 32.7 Å². The van der Waals surface area contributed by atoms with E-state index in [0.717, 1.165) is 13.1 Å². The van der Waals surface area contributed by atoms with Crippen LogP contribution in [0.25, 0.3) is 0 Å². The van der Waals surface area contributed by atoms with E-state index in [0.29, 0.717) is 5.41 Å². The summed E-state index contributed by atoms with van der Waals surface area (Å²) in [5.41, 5.74) is 5.10. The highest BCUT2D eigenvalue weighted by Crippen LogP contribution is 2.28. The largest absolute Gasteiger partial charge is 0.314 e. The molecule has 2 nitrogen and oxygen atoms in total. The lowest BCUT2D eigenvalue weighted by Gasteiger charge is -2.35. The van der Waals surface area contributed by atoms with E-state index < -0.39 is 0 Å². The molecule has 1 saturated heterocycles. The number of piperazine rings is 1. The number of fused-ring (bicyclic) bond motifs is 1. The molecule has 0 saturated carbocycles. The van der Waals surface area contributed by atoms with Gasteiger partial charge in [0.1, 0.15) is 0 Å². The Hall–Kier alpha value is -0.860. The molecule has 0 aromatic heterocycles. The van der Waals surface area contributed by atoms with Crippen LogP contribution in [0.3, 0.4) is 0 Å². The molecule has 3 rings (SSSR count). The lowest BCUT2D eigenvalue weighted by molar-refractivity contribution is 0.160. The van der Waals surface area contributed by atoms with Crippen LogP contribution in [0.2, 0.25) is 0 Å². The Morgan fingerprint density at radius 2 is 1.85 bits per heavy atom. The van der Waals surface area contributed by atoms with E-state index in [1.54, 1.807) is 11.1 Å². The van der Waals surface area contributed by atoms with Gasteiger partial charge in [0.05, 0.1) is 0 Å². The van der Waals surface area contributed by atoms with Gasteiger partial charge in [0.25, 0.3) is 0 Å². The minimum absolute atomic E-state index is 0.365. The molecule has 0 spiro atoms. The van der Waals surface area contributed by atoms with Gasteiger partial charge < -0.3 is 10.2 Å². The van der Waals surface area contributed by atoms with Crippen molar-refractivity contribution in [3.8, 4) is 0 Å². The van der Waals surface area contributed by atoms with E-state index >= 15 is 0 Å². The molecule has 1 heterocycles. The molecular formula is C18H28N2. The number of nitrogens with zero attached hydrogens (tertiary/aromatic N) is 1. The summed E-state index contributed by atoms with van der Waals surface area (Å²) in [4.78, 5) is 2.61. The molecule has 1 fully saturated rings. The van der Waals surface area contributed by atoms with Gasteiger partial charge in [-0.1, -0.05) is 32.0 Å². The van der Waals surface area contributed by atoms with E-state index in [1.165, 1.54) is 50.9 Å². The second-order valence-corrected chi connectivity index (χ2v) is 7.32. The second-order valence-electron chi connectivity index (χ2n) is 7.32. The summed E-state index contributed by atoms with van der Waals surface area (Å²) in [5.74, 6) is 0. The Labute approximate surface area is 123 Å². The number of hydrogen-bond acceptors (Lipinski definition) is 2. The molecule has 110 valence electrons. The lowest BCUT2D eigenvalue weighted by atomic mass is 9.84. The lowest BCUT2D eigenvalue weighted by Crippen LogP contribution is -2.47. The summed E-state index contributed by atoms with van der Waals surface area (Å²) in [6.45, 7) is 10.8. The number of rotatable bonds is 4. The Kier molecular flexibility index (Phi) is 4.13. The predicted molar refractivity (Wildman–Crippen MR) is 85.3 cm³/mol. The zero-order chi connectivity index (χ0) is 14.0. The minimum atomic E-state index is 0.365. The molecule has 0 bridgehead atoms. The summed E-state index contributed by atoms with van der Waals surface area (Å²) >= 11 is 0. The van der Waals surface area contributed by atoms with Crippen LogP contribution in [0.15, 0.2) is 18.2 Å². The van der Waals surface area contributed by atoms with Crippen molar-refractivity contribution < 1.29 is 0 Å². The molecule has 1 aromatic rings. The number of nitrogens with one attached hydrogen (secondary N) is 1. The maximum absolute atomic E-state index is 3.44. The van der Waals surface area contributed by atoms with Crippen LogP contribution in [-0.2, 0) is 19.3 Å². The molecule has 0 radical (unpaired) electrons. The molecule has 20 heavy (non-hydrogen) atoms. The van der Waals surface area contributed by atoms with Crippen LogP contribution in [-0.4, -0.2) is 37.6 Å². The van der Waals surface area contributed by atoms with Crippen molar-refractivity contribution in [2.75, 3.05) is 32.7 Å². The average molecular weight is 272 g/mol. The van der Waals surface area contributed by atoms with Crippen molar-refractivity contribution in [1.82, 2.24) is 10.2 Å². The first-order chi connectivity index (χ1) is 9.62. The fourth-order valence-electron chi connectivity index (χ4n) is 3.82. The van der Waals surface area contributed by atoms with Crippen molar-refractivity contribution in [2.24, 2.45) is 5.41 Å². The average Bonchev–Trinajstić information content (AvgIpc) is 2.86. The molecule has 0 atom stereocenters. The van der Waals surface area contributed by atoms with Gasteiger partial charge in [-0.3, -0.25) is 0 Å². The van der Waals surface area contributed by atoms with Gasteiger partial charge in [-0.15, -0.1) is 0 Å². The molecule has 1 aromatic carbocycles. The van der Waals surface area contributed by atoms with E-state index in [9.17, 15) is 0 Å². The summed E-state index contributed by atoms with van der Waals surface area (Å²) in [6, 6.07) is 7.21. The predicted octanol–water partition coefficient (Wildman–Crippen LogP) is 2.65. The van der Waals surface area contributed by atoms with Gasteiger partial charge in [0.2, 0.25) is 0 Å². The highest BCUT2D eigenvalue weighted by atomic mass is 15.2. The van der Waals surface area contributed by atoms with Crippen LogP contribution in [0.1, 0.15) is 37.0 Å². The Bertz CT molecular complexity index is 458. The molecule has 1 N–H and O–H groups in total. The third-order valence-electron chi connectivity index (χ3n) is 4.71. The Balaban J connectivity index is 1.63. The second kappa shape index (κ2) is 5.87. The molecule has 1 aliphatic heterocycles. The third kappa shape index (κ3) is 3.42. The number of benzene rings is 1. The van der Waals surface area contributed by atoms with E-state index in [-0.39, 0.29) is 0 Å². The van der Waals surface area contributed by atoms with Crippen LogP contribution >= 0.6 is 0 Å². The standard InChI is InChI=1S/C18H28N2/c1-18(2,14-20-10-8-19-9-11-20)13-15-6-7-16-4-3-5-17(16)12-15/h6-7,12,19H,3-5,8-11,13-14H2,1-2H3. The first-order valence-electron chi connectivity index (χ1n) is 8.16. The van der Waals surface area contributed by atoms with E-state index in [1.807, 2.05) is 0 Å². The molecule has 0 amide bonds. The number of aryl methyl sites for hydroxylation is 2. The van der Waals surface area contributed by atoms with Crippen molar-refractivity contribution >= 4 is 0 Å². The summed E-state index contributed by atoms with van der Waals surface area (Å²) < 4.78 is 0. The van der Waals surface area contributed by atoms with Gasteiger partial charge in [-0.25, -0.2) is 0 Å². The fraction of sp³-hybridized carbons (Fsp3) is 0.667. The van der Waals surface area contributed by atoms with E-state index in [2.05, 4.69) is 42.3 Å². The minimum Gasteiger partial charge on any atom is -0.314 e. The molecular weight excluding hydrogens is 244 g/mol. The van der Waals surface area contributed by atoms with Gasteiger partial charge in [-0.2, -0.15) is 0 Å². The highest BCUT2D eigenvalue weighted by Gasteiger charge is 2.24. The molecule has 0 unspecified atom stereocenters. The Morgan fingerprint density at radius 3 is 2.65 bits per heavy atom. The summed E-state index contributed by atoms with van der Waals surface area (Å²) in [5, 5.41) is 3.44. The van der Waals surface area contributed by atoms with Crippen LogP contribution in [0.5, 0.6) is 0 Å². The number of hydrogen-bond donors (Lipinski definition) is 1. The Morgan fingerprint density at radius 1 is 1.10 bits per heavy atom. The monoisotopic (exact) mass is 272 g/mol. The SMILES string of the molecule is CC(C)(Cc1ccc2c(c1)CCC2)CN1CCNCC1. The maximum Gasteiger partial charge on any atom is 0.0108 e. The van der Waals surface area contributed by atoms with Crippen LogP contribution in [0.4, 0.5) is 0 Å². The zero-order valence-electron chi connectivity index (χ0n) is 13.0. The normalized spacial score (nSPS) is 20.1. The molecule has 2 heteroatoms. The first-order valence-corrected chi connectivity index (χ1v) is 8.16. The van der Waals surface area contributed by atoms with Gasteiger partial charge in [-0.05, 0) is 47.8 Å². The topological polar surface area (TPSA) is 15.3 Å². The third-order valence-corrected chi connectivity index (χ3v) is 4.71. The molecule has 2 aliphatic rings. The van der Waals surface area contributed by atoms with Crippen LogP contribution in [0, 0.1) is 5.41 Å². The van der Waals surface area contributed by atoms with Gasteiger partial charge >= 0.3 is 0 Å². The van der Waals surface area contributed by atoms with Crippen LogP contribution < -0.4 is 5.32 Å². The van der Waals surface area contributed by atoms with Crippen molar-refractivity contribution in [3.63, 3.8) is 0 Å². The smallest absolute Gasteiger partial charge is 0.0108 e. The van der Waals surface area contributed by atoms with Gasteiger partial charge in [0.15, 0.2) is 0 Å². The molecule has 1 aliphatic carbocycles. The summed E-state index contributed by atoms with van der Waals surface area (Å²) in [6.07, 6.45) is 5.13. The van der Waals surface area contributed by atoms with Crippen molar-refractivity contribution in [1.29, 1.82) is 0 Å². The fourth-order valence-corrected chi connectivity index (χ4v) is 3.82. The van der Waals surface area contributed by atoms with Crippen molar-refractivity contribution in [2.45, 2.75) is 39.5 Å². The van der Waals surface area contributed by atoms with Crippen molar-refractivity contribution in [3.05, 3.63) is 34.9 Å². The first kappa shape index (κ1) is 14.1. The summed E-state index contributed by atoms with van der Waals surface area (Å²) in [7, 11) is 0.